The number of ether oxygens (including phenoxy) is 1. The van der Waals surface area contributed by atoms with Crippen LogP contribution in [0.15, 0.2) is 0 Å². The number of rotatable bonds is 3. The molecule has 0 aromatic carbocycles. The number of likely N-dealkylation sites (tertiary alicyclic amines) is 1. The van der Waals surface area contributed by atoms with Gasteiger partial charge in [-0.1, -0.05) is 19.3 Å². The first-order chi connectivity index (χ1) is 10.7. The van der Waals surface area contributed by atoms with Gasteiger partial charge in [0.05, 0.1) is 6.04 Å². The Kier molecular flexibility index (Phi) is 4.57. The van der Waals surface area contributed by atoms with E-state index in [1.807, 2.05) is 9.80 Å². The fraction of sp³-hybridized carbons (Fsp3) is 0.875. The molecule has 2 saturated heterocycles. The van der Waals surface area contributed by atoms with Crippen molar-refractivity contribution in [1.82, 2.24) is 15.1 Å². The monoisotopic (exact) mass is 309 g/mol. The number of nitrogens with one attached hydrogen (secondary N) is 1. The molecule has 124 valence electrons. The molecule has 6 nitrogen and oxygen atoms in total. The minimum Gasteiger partial charge on any atom is -0.368 e. The standard InChI is InChI=1S/C16H27N3O3/c1-22-16(7-3-2-4-8-16)14(20)18-10-5-6-13(12-18)19-11-9-17-15(19)21/h13H,2-12H2,1H3,(H,17,21). The van der Waals surface area contributed by atoms with Crippen LogP contribution in [-0.2, 0) is 9.53 Å². The van der Waals surface area contributed by atoms with Crippen molar-refractivity contribution in [3.63, 3.8) is 0 Å². The van der Waals surface area contributed by atoms with Gasteiger partial charge in [0.1, 0.15) is 5.60 Å². The zero-order valence-electron chi connectivity index (χ0n) is 13.5. The first-order valence-electron chi connectivity index (χ1n) is 8.55. The lowest BCUT2D eigenvalue weighted by atomic mass is 9.83. The van der Waals surface area contributed by atoms with Gasteiger partial charge in [-0.2, -0.15) is 0 Å². The van der Waals surface area contributed by atoms with E-state index in [0.29, 0.717) is 13.1 Å². The van der Waals surface area contributed by atoms with Crippen LogP contribution in [0.4, 0.5) is 4.79 Å². The van der Waals surface area contributed by atoms with Crippen LogP contribution >= 0.6 is 0 Å². The Bertz CT molecular complexity index is 434. The molecule has 1 aliphatic carbocycles. The fourth-order valence-electron chi connectivity index (χ4n) is 4.14. The van der Waals surface area contributed by atoms with Gasteiger partial charge in [-0.25, -0.2) is 4.79 Å². The van der Waals surface area contributed by atoms with Crippen molar-refractivity contribution in [3.8, 4) is 0 Å². The summed E-state index contributed by atoms with van der Waals surface area (Å²) >= 11 is 0. The summed E-state index contributed by atoms with van der Waals surface area (Å²) in [7, 11) is 1.67. The Morgan fingerprint density at radius 3 is 2.64 bits per heavy atom. The maximum Gasteiger partial charge on any atom is 0.317 e. The van der Waals surface area contributed by atoms with E-state index in [4.69, 9.17) is 4.74 Å². The third kappa shape index (κ3) is 2.81. The summed E-state index contributed by atoms with van der Waals surface area (Å²) in [6.45, 7) is 2.90. The molecule has 1 N–H and O–H groups in total. The van der Waals surface area contributed by atoms with Crippen LogP contribution in [0, 0.1) is 0 Å². The molecule has 1 saturated carbocycles. The van der Waals surface area contributed by atoms with E-state index in [2.05, 4.69) is 5.32 Å². The number of hydrogen-bond acceptors (Lipinski definition) is 3. The first kappa shape index (κ1) is 15.6. The van der Waals surface area contributed by atoms with Crippen molar-refractivity contribution in [2.75, 3.05) is 33.3 Å². The van der Waals surface area contributed by atoms with Crippen molar-refractivity contribution in [1.29, 1.82) is 0 Å². The number of urea groups is 1. The van der Waals surface area contributed by atoms with Crippen LogP contribution in [0.3, 0.4) is 0 Å². The minimum atomic E-state index is -0.618. The molecule has 3 amide bonds. The van der Waals surface area contributed by atoms with Crippen molar-refractivity contribution in [2.45, 2.75) is 56.6 Å². The number of hydrogen-bond donors (Lipinski definition) is 1. The highest BCUT2D eigenvalue weighted by Crippen LogP contribution is 2.34. The number of carbonyl (C=O) groups excluding carboxylic acids is 2. The average Bonchev–Trinajstić information content (AvgIpc) is 3.01. The van der Waals surface area contributed by atoms with Gasteiger partial charge in [0.25, 0.3) is 5.91 Å². The van der Waals surface area contributed by atoms with Gasteiger partial charge in [-0.05, 0) is 25.7 Å². The summed E-state index contributed by atoms with van der Waals surface area (Å²) < 4.78 is 5.69. The van der Waals surface area contributed by atoms with Crippen LogP contribution in [0.25, 0.3) is 0 Å². The second-order valence-electron chi connectivity index (χ2n) is 6.73. The SMILES string of the molecule is COC1(C(=O)N2CCCC(N3CCNC3=O)C2)CCCCC1. The van der Waals surface area contributed by atoms with E-state index < -0.39 is 5.60 Å². The predicted molar refractivity (Wildman–Crippen MR) is 82.5 cm³/mol. The van der Waals surface area contributed by atoms with Gasteiger partial charge in [0, 0.05) is 33.3 Å². The van der Waals surface area contributed by atoms with E-state index in [1.54, 1.807) is 7.11 Å². The predicted octanol–water partition coefficient (Wildman–Crippen LogP) is 1.35. The fourth-order valence-corrected chi connectivity index (χ4v) is 4.14. The molecule has 1 atom stereocenters. The first-order valence-corrected chi connectivity index (χ1v) is 8.55. The number of nitrogens with zero attached hydrogens (tertiary/aromatic N) is 2. The quantitative estimate of drug-likeness (QED) is 0.856. The van der Waals surface area contributed by atoms with Gasteiger partial charge >= 0.3 is 6.03 Å². The van der Waals surface area contributed by atoms with Crippen molar-refractivity contribution in [3.05, 3.63) is 0 Å². The second kappa shape index (κ2) is 6.44. The summed E-state index contributed by atoms with van der Waals surface area (Å²) in [4.78, 5) is 28.7. The molecule has 2 aliphatic heterocycles. The lowest BCUT2D eigenvalue weighted by Crippen LogP contribution is -2.57. The van der Waals surface area contributed by atoms with Crippen LogP contribution in [0.1, 0.15) is 44.9 Å². The van der Waals surface area contributed by atoms with Gasteiger partial charge in [-0.15, -0.1) is 0 Å². The van der Waals surface area contributed by atoms with Crippen LogP contribution in [0.5, 0.6) is 0 Å². The molecule has 3 rings (SSSR count). The molecule has 3 aliphatic rings. The summed E-state index contributed by atoms with van der Waals surface area (Å²) in [6.07, 6.45) is 6.91. The number of carbonyl (C=O) groups is 2. The molecule has 1 unspecified atom stereocenters. The van der Waals surface area contributed by atoms with E-state index in [9.17, 15) is 9.59 Å². The second-order valence-corrected chi connectivity index (χ2v) is 6.73. The normalized spacial score (nSPS) is 28.6. The Labute approximate surface area is 132 Å². The highest BCUT2D eigenvalue weighted by molar-refractivity contribution is 5.85. The zero-order valence-corrected chi connectivity index (χ0v) is 13.5. The molecular formula is C16H27N3O3. The van der Waals surface area contributed by atoms with E-state index >= 15 is 0 Å². The summed E-state index contributed by atoms with van der Waals surface area (Å²) in [6, 6.07) is 0.163. The van der Waals surface area contributed by atoms with Crippen molar-refractivity contribution >= 4 is 11.9 Å². The smallest absolute Gasteiger partial charge is 0.317 e. The molecule has 0 aromatic rings. The molecule has 22 heavy (non-hydrogen) atoms. The molecular weight excluding hydrogens is 282 g/mol. The van der Waals surface area contributed by atoms with Gasteiger partial charge in [0.2, 0.25) is 0 Å². The van der Waals surface area contributed by atoms with Gasteiger partial charge in [-0.3, -0.25) is 4.79 Å². The molecule has 0 aromatic heterocycles. The highest BCUT2D eigenvalue weighted by Gasteiger charge is 2.44. The molecule has 0 bridgehead atoms. The van der Waals surface area contributed by atoms with Crippen LogP contribution in [0.2, 0.25) is 0 Å². The summed E-state index contributed by atoms with van der Waals surface area (Å²) in [5, 5.41) is 2.85. The third-order valence-electron chi connectivity index (χ3n) is 5.46. The Hall–Kier alpha value is -1.30. The number of methoxy groups -OCH3 is 1. The molecule has 0 radical (unpaired) electrons. The lowest BCUT2D eigenvalue weighted by Gasteiger charge is -2.43. The van der Waals surface area contributed by atoms with Crippen LogP contribution in [-0.4, -0.2) is 66.7 Å². The Morgan fingerprint density at radius 1 is 1.23 bits per heavy atom. The maximum absolute atomic E-state index is 13.0. The van der Waals surface area contributed by atoms with Crippen LogP contribution < -0.4 is 5.32 Å². The zero-order chi connectivity index (χ0) is 15.6. The maximum atomic E-state index is 13.0. The van der Waals surface area contributed by atoms with Crippen molar-refractivity contribution in [2.24, 2.45) is 0 Å². The molecule has 3 fully saturated rings. The Morgan fingerprint density at radius 2 is 2.00 bits per heavy atom. The van der Waals surface area contributed by atoms with E-state index in [0.717, 1.165) is 51.6 Å². The molecule has 2 heterocycles. The summed E-state index contributed by atoms with van der Waals surface area (Å²) in [5.41, 5.74) is -0.618. The molecule has 6 heteroatoms. The highest BCUT2D eigenvalue weighted by atomic mass is 16.5. The largest absolute Gasteiger partial charge is 0.368 e. The Balaban J connectivity index is 1.68. The van der Waals surface area contributed by atoms with Crippen molar-refractivity contribution < 1.29 is 14.3 Å². The van der Waals surface area contributed by atoms with Gasteiger partial charge in [0.15, 0.2) is 0 Å². The number of piperidine rings is 1. The molecule has 0 spiro atoms. The van der Waals surface area contributed by atoms with Gasteiger partial charge < -0.3 is 19.9 Å². The lowest BCUT2D eigenvalue weighted by molar-refractivity contribution is -0.161. The average molecular weight is 309 g/mol. The number of amides is 3. The van der Waals surface area contributed by atoms with E-state index in [1.165, 1.54) is 6.42 Å². The van der Waals surface area contributed by atoms with E-state index in [-0.39, 0.29) is 18.0 Å². The summed E-state index contributed by atoms with van der Waals surface area (Å²) in [5.74, 6) is 0.138. The topological polar surface area (TPSA) is 61.9 Å². The third-order valence-corrected chi connectivity index (χ3v) is 5.46. The minimum absolute atomic E-state index is 0.0124.